The summed E-state index contributed by atoms with van der Waals surface area (Å²) in [4.78, 5) is 31.2. The molecule has 0 bridgehead atoms. The van der Waals surface area contributed by atoms with Gasteiger partial charge in [-0.3, -0.25) is 9.59 Å². The van der Waals surface area contributed by atoms with Gasteiger partial charge < -0.3 is 10.1 Å². The summed E-state index contributed by atoms with van der Waals surface area (Å²) in [5.41, 5.74) is 1.25. The summed E-state index contributed by atoms with van der Waals surface area (Å²) >= 11 is 1.66. The highest BCUT2D eigenvalue weighted by Crippen LogP contribution is 2.59. The zero-order chi connectivity index (χ0) is 20.3. The monoisotopic (exact) mass is 416 g/mol. The van der Waals surface area contributed by atoms with Crippen LogP contribution in [0, 0.1) is 29.1 Å². The first-order valence-corrected chi connectivity index (χ1v) is 12.2. The van der Waals surface area contributed by atoms with Gasteiger partial charge in [-0.2, -0.15) is 0 Å². The Balaban J connectivity index is 1.39. The van der Waals surface area contributed by atoms with Crippen molar-refractivity contribution in [1.29, 1.82) is 0 Å². The van der Waals surface area contributed by atoms with Gasteiger partial charge in [0.05, 0.1) is 11.6 Å². The van der Waals surface area contributed by atoms with Gasteiger partial charge in [0.2, 0.25) is 5.91 Å². The van der Waals surface area contributed by atoms with Crippen molar-refractivity contribution in [2.45, 2.75) is 84.2 Å². The number of thiazole rings is 1. The van der Waals surface area contributed by atoms with Gasteiger partial charge in [-0.25, -0.2) is 4.98 Å². The molecule has 3 aliphatic carbocycles. The molecule has 1 aromatic rings. The van der Waals surface area contributed by atoms with Gasteiger partial charge in [-0.15, -0.1) is 11.3 Å². The third-order valence-corrected chi connectivity index (χ3v) is 9.35. The standard InChI is InChI=1S/C23H32N2O3S/c1-12-15-9-10-23(3)11-16-18(13(2)17(23)19(15)28-21(12)27)24-22(29-16)25-20(26)14-7-5-4-6-8-14/h12-15,17,19H,4-11H2,1-3H3,(H,24,25,26)/t12-,13+,15-,17+,19+,23+/m0/s1. The summed E-state index contributed by atoms with van der Waals surface area (Å²) in [6.45, 7) is 6.63. The summed E-state index contributed by atoms with van der Waals surface area (Å²) in [5, 5.41) is 3.88. The minimum atomic E-state index is -0.0269. The molecule has 0 unspecified atom stereocenters. The summed E-state index contributed by atoms with van der Waals surface area (Å²) in [6.07, 6.45) is 8.75. The van der Waals surface area contributed by atoms with Crippen LogP contribution in [-0.4, -0.2) is 23.0 Å². The number of rotatable bonds is 2. The predicted octanol–water partition coefficient (Wildman–Crippen LogP) is 4.92. The highest BCUT2D eigenvalue weighted by molar-refractivity contribution is 7.15. The van der Waals surface area contributed by atoms with Gasteiger partial charge in [-0.1, -0.05) is 40.0 Å². The van der Waals surface area contributed by atoms with Crippen molar-refractivity contribution in [3.8, 4) is 0 Å². The first-order valence-electron chi connectivity index (χ1n) is 11.4. The summed E-state index contributed by atoms with van der Waals surface area (Å²) in [5.74, 6) is 1.17. The van der Waals surface area contributed by atoms with E-state index in [0.29, 0.717) is 11.8 Å². The number of ether oxygens (including phenoxy) is 1. The van der Waals surface area contributed by atoms with Crippen LogP contribution in [0.2, 0.25) is 0 Å². The number of anilines is 1. The highest BCUT2D eigenvalue weighted by Gasteiger charge is 2.58. The number of fused-ring (bicyclic) bond motifs is 4. The highest BCUT2D eigenvalue weighted by atomic mass is 32.1. The zero-order valence-electron chi connectivity index (χ0n) is 17.7. The largest absolute Gasteiger partial charge is 0.461 e. The molecule has 1 aromatic heterocycles. The number of nitrogens with one attached hydrogen (secondary N) is 1. The fraction of sp³-hybridized carbons (Fsp3) is 0.783. The zero-order valence-corrected chi connectivity index (χ0v) is 18.5. The van der Waals surface area contributed by atoms with Crippen LogP contribution in [0.3, 0.4) is 0 Å². The minimum absolute atomic E-state index is 0.0129. The molecule has 29 heavy (non-hydrogen) atoms. The lowest BCUT2D eigenvalue weighted by Gasteiger charge is -2.51. The Morgan fingerprint density at radius 1 is 1.17 bits per heavy atom. The molecule has 5 nitrogen and oxygen atoms in total. The molecule has 0 aromatic carbocycles. The molecule has 0 radical (unpaired) electrons. The van der Waals surface area contributed by atoms with Gasteiger partial charge >= 0.3 is 5.97 Å². The van der Waals surface area contributed by atoms with Crippen LogP contribution < -0.4 is 5.32 Å². The molecule has 5 rings (SSSR count). The van der Waals surface area contributed by atoms with E-state index in [2.05, 4.69) is 19.2 Å². The number of esters is 1. The second-order valence-electron chi connectivity index (χ2n) is 10.2. The third-order valence-electron chi connectivity index (χ3n) is 8.36. The number of carbonyl (C=O) groups excluding carboxylic acids is 2. The lowest BCUT2D eigenvalue weighted by molar-refractivity contribution is -0.149. The summed E-state index contributed by atoms with van der Waals surface area (Å²) in [6, 6.07) is 0. The van der Waals surface area contributed by atoms with Crippen molar-refractivity contribution >= 4 is 28.3 Å². The van der Waals surface area contributed by atoms with Crippen LogP contribution in [-0.2, 0) is 20.7 Å². The van der Waals surface area contributed by atoms with Crippen LogP contribution in [0.4, 0.5) is 5.13 Å². The van der Waals surface area contributed by atoms with Crippen molar-refractivity contribution in [2.24, 2.45) is 29.1 Å². The van der Waals surface area contributed by atoms with E-state index in [1.54, 1.807) is 11.3 Å². The minimum Gasteiger partial charge on any atom is -0.461 e. The van der Waals surface area contributed by atoms with E-state index < -0.39 is 0 Å². The molecule has 1 saturated heterocycles. The van der Waals surface area contributed by atoms with Gasteiger partial charge in [0, 0.05) is 28.5 Å². The second-order valence-corrected chi connectivity index (χ2v) is 11.3. The molecular weight excluding hydrogens is 384 g/mol. The molecule has 6 heteroatoms. The number of hydrogen-bond donors (Lipinski definition) is 1. The van der Waals surface area contributed by atoms with Crippen molar-refractivity contribution in [2.75, 3.05) is 5.32 Å². The Kier molecular flexibility index (Phi) is 4.76. The van der Waals surface area contributed by atoms with Crippen molar-refractivity contribution in [3.63, 3.8) is 0 Å². The van der Waals surface area contributed by atoms with Gasteiger partial charge in [0.1, 0.15) is 6.10 Å². The van der Waals surface area contributed by atoms with Gasteiger partial charge in [0.25, 0.3) is 0 Å². The number of carbonyl (C=O) groups is 2. The first-order chi connectivity index (χ1) is 13.9. The molecule has 158 valence electrons. The quantitative estimate of drug-likeness (QED) is 0.695. The molecule has 0 spiro atoms. The van der Waals surface area contributed by atoms with Gasteiger partial charge in [-0.05, 0) is 37.5 Å². The Morgan fingerprint density at radius 2 is 1.93 bits per heavy atom. The Morgan fingerprint density at radius 3 is 2.69 bits per heavy atom. The van der Waals surface area contributed by atoms with E-state index >= 15 is 0 Å². The summed E-state index contributed by atoms with van der Waals surface area (Å²) in [7, 11) is 0. The van der Waals surface area contributed by atoms with Crippen LogP contribution in [0.1, 0.15) is 82.2 Å². The van der Waals surface area contributed by atoms with Crippen LogP contribution >= 0.6 is 11.3 Å². The summed E-state index contributed by atoms with van der Waals surface area (Å²) < 4.78 is 5.92. The van der Waals surface area contributed by atoms with Crippen molar-refractivity contribution in [3.05, 3.63) is 10.6 Å². The predicted molar refractivity (Wildman–Crippen MR) is 113 cm³/mol. The molecule has 2 saturated carbocycles. The van der Waals surface area contributed by atoms with Gasteiger partial charge in [0.15, 0.2) is 5.13 Å². The topological polar surface area (TPSA) is 68.3 Å². The molecule has 1 aliphatic heterocycles. The number of aromatic nitrogens is 1. The number of nitrogens with zero attached hydrogens (tertiary/aromatic N) is 1. The maximum atomic E-state index is 12.7. The van der Waals surface area contributed by atoms with Crippen LogP contribution in [0.5, 0.6) is 0 Å². The molecule has 1 N–H and O–H groups in total. The molecule has 3 fully saturated rings. The second kappa shape index (κ2) is 7.07. The lowest BCUT2D eigenvalue weighted by Crippen LogP contribution is -2.50. The normalized spacial score (nSPS) is 39.3. The SMILES string of the molecule is C[C@@H]1C(=O)O[C@@H]2[C@H]1CC[C@]1(C)Cc3sc(NC(=O)C4CCCCC4)nc3[C@H](C)[C@H]21. The van der Waals surface area contributed by atoms with E-state index in [1.165, 1.54) is 11.3 Å². The van der Waals surface area contributed by atoms with E-state index in [1.807, 2.05) is 6.92 Å². The van der Waals surface area contributed by atoms with Crippen molar-refractivity contribution < 1.29 is 14.3 Å². The Labute approximate surface area is 177 Å². The van der Waals surface area contributed by atoms with E-state index in [-0.39, 0.29) is 41.1 Å². The maximum Gasteiger partial charge on any atom is 0.309 e. The maximum absolute atomic E-state index is 12.7. The van der Waals surface area contributed by atoms with E-state index in [4.69, 9.17) is 9.72 Å². The van der Waals surface area contributed by atoms with Crippen LogP contribution in [0.25, 0.3) is 0 Å². The average Bonchev–Trinajstić information content (AvgIpc) is 3.22. The lowest BCUT2D eigenvalue weighted by atomic mass is 9.54. The van der Waals surface area contributed by atoms with E-state index in [9.17, 15) is 9.59 Å². The van der Waals surface area contributed by atoms with Crippen LogP contribution in [0.15, 0.2) is 0 Å². The molecule has 2 heterocycles. The fourth-order valence-corrected chi connectivity index (χ4v) is 7.97. The fourth-order valence-electron chi connectivity index (χ4n) is 6.70. The molecule has 1 amide bonds. The molecule has 6 atom stereocenters. The Hall–Kier alpha value is -1.43. The third kappa shape index (κ3) is 3.13. The number of amides is 1. The Bertz CT molecular complexity index is 830. The van der Waals surface area contributed by atoms with E-state index in [0.717, 1.165) is 55.8 Å². The smallest absolute Gasteiger partial charge is 0.309 e. The number of hydrogen-bond acceptors (Lipinski definition) is 5. The first kappa shape index (κ1) is 19.5. The molecular formula is C23H32N2O3S. The average molecular weight is 417 g/mol. The van der Waals surface area contributed by atoms with Crippen molar-refractivity contribution in [1.82, 2.24) is 4.98 Å². The molecule has 4 aliphatic rings.